The van der Waals surface area contributed by atoms with Crippen molar-refractivity contribution in [3.05, 3.63) is 63.4 Å². The van der Waals surface area contributed by atoms with E-state index in [2.05, 4.69) is 46.0 Å². The number of fused-ring (bicyclic) bond motifs is 1. The van der Waals surface area contributed by atoms with Crippen LogP contribution >= 0.6 is 45.6 Å². The molecule has 6 nitrogen and oxygen atoms in total. The molecule has 0 bridgehead atoms. The van der Waals surface area contributed by atoms with E-state index in [-0.39, 0.29) is 0 Å². The highest BCUT2D eigenvalue weighted by Gasteiger charge is 2.26. The van der Waals surface area contributed by atoms with Crippen LogP contribution in [-0.2, 0) is 4.79 Å². The van der Waals surface area contributed by atoms with Gasteiger partial charge in [0, 0.05) is 9.58 Å². The molecule has 0 aliphatic carbocycles. The fourth-order valence-electron chi connectivity index (χ4n) is 2.39. The number of aliphatic carboxylic acids is 1. The van der Waals surface area contributed by atoms with Gasteiger partial charge in [-0.25, -0.2) is 9.78 Å². The highest BCUT2D eigenvalue weighted by Crippen LogP contribution is 2.37. The number of rotatable bonds is 4. The minimum Gasteiger partial charge on any atom is -0.479 e. The van der Waals surface area contributed by atoms with Crippen LogP contribution < -0.4 is 11.1 Å². The SMILES string of the molecule is N=C(N)NC(C(=O)O)c1ncsc1-c1ccc(Cl)s1.c1ccc2sccc2c1. The van der Waals surface area contributed by atoms with Crippen molar-refractivity contribution in [1.29, 1.82) is 5.41 Å². The molecule has 4 aromatic rings. The largest absolute Gasteiger partial charge is 0.479 e. The zero-order valence-electron chi connectivity index (χ0n) is 14.3. The van der Waals surface area contributed by atoms with Crippen molar-refractivity contribution in [1.82, 2.24) is 10.3 Å². The van der Waals surface area contributed by atoms with Crippen LogP contribution in [0, 0.1) is 5.41 Å². The zero-order valence-corrected chi connectivity index (χ0v) is 17.5. The molecule has 0 saturated heterocycles. The van der Waals surface area contributed by atoms with E-state index < -0.39 is 18.0 Å². The van der Waals surface area contributed by atoms with Crippen molar-refractivity contribution in [3.63, 3.8) is 0 Å². The van der Waals surface area contributed by atoms with E-state index in [1.807, 2.05) is 0 Å². The summed E-state index contributed by atoms with van der Waals surface area (Å²) in [7, 11) is 0. The maximum atomic E-state index is 11.2. The number of guanidine groups is 1. The Morgan fingerprint density at radius 2 is 2.00 bits per heavy atom. The first-order chi connectivity index (χ1) is 13.5. The molecule has 0 aliphatic heterocycles. The predicted octanol–water partition coefficient (Wildman–Crippen LogP) is 5.04. The average molecular weight is 451 g/mol. The van der Waals surface area contributed by atoms with Gasteiger partial charge in [0.25, 0.3) is 0 Å². The Bertz CT molecular complexity index is 1070. The number of benzene rings is 1. The maximum absolute atomic E-state index is 11.2. The summed E-state index contributed by atoms with van der Waals surface area (Å²) < 4.78 is 1.98. The average Bonchev–Trinajstić information content (AvgIpc) is 3.39. The summed E-state index contributed by atoms with van der Waals surface area (Å²) in [4.78, 5) is 16.9. The number of hydrogen-bond acceptors (Lipinski definition) is 6. The van der Waals surface area contributed by atoms with Crippen LogP contribution in [-0.4, -0.2) is 22.0 Å². The van der Waals surface area contributed by atoms with Gasteiger partial charge in [-0.3, -0.25) is 5.41 Å². The van der Waals surface area contributed by atoms with Crippen molar-refractivity contribution in [2.75, 3.05) is 0 Å². The smallest absolute Gasteiger partial charge is 0.332 e. The Morgan fingerprint density at radius 3 is 2.64 bits per heavy atom. The molecule has 144 valence electrons. The third kappa shape index (κ3) is 4.87. The Labute approximate surface area is 177 Å². The fraction of sp³-hybridized carbons (Fsp3) is 0.0556. The number of halogens is 1. The summed E-state index contributed by atoms with van der Waals surface area (Å²) in [6.07, 6.45) is 0. The van der Waals surface area contributed by atoms with Gasteiger partial charge in [0.2, 0.25) is 0 Å². The number of aromatic nitrogens is 1. The molecule has 1 aromatic carbocycles. The molecule has 5 N–H and O–H groups in total. The van der Waals surface area contributed by atoms with Crippen LogP contribution in [0.3, 0.4) is 0 Å². The van der Waals surface area contributed by atoms with Gasteiger partial charge in [0.1, 0.15) is 0 Å². The molecule has 10 heteroatoms. The standard InChI is InChI=1S/C10H9ClN4O2S2.C8H6S/c11-5-2-1-4(19-5)8-6(14-3-18-8)7(9(16)17)15-10(12)13;1-2-4-8-7(3-1)5-6-9-8/h1-3,7H,(H,16,17)(H4,12,13,15);1-6H. The number of nitrogens with zero attached hydrogens (tertiary/aromatic N) is 1. The number of carboxylic acid groups (broad SMARTS) is 1. The number of nitrogens with one attached hydrogen (secondary N) is 2. The minimum absolute atomic E-state index is 0.325. The van der Waals surface area contributed by atoms with E-state index in [1.165, 1.54) is 32.8 Å². The van der Waals surface area contributed by atoms with Gasteiger partial charge in [0.15, 0.2) is 12.0 Å². The molecule has 28 heavy (non-hydrogen) atoms. The van der Waals surface area contributed by atoms with Crippen molar-refractivity contribution in [2.24, 2.45) is 5.73 Å². The van der Waals surface area contributed by atoms with Gasteiger partial charge in [-0.05, 0) is 35.0 Å². The zero-order chi connectivity index (χ0) is 20.1. The molecule has 1 unspecified atom stereocenters. The van der Waals surface area contributed by atoms with Crippen molar-refractivity contribution in [2.45, 2.75) is 6.04 Å². The number of thiophene rings is 2. The van der Waals surface area contributed by atoms with Gasteiger partial charge < -0.3 is 16.2 Å². The molecular formula is C18H15ClN4O2S3. The summed E-state index contributed by atoms with van der Waals surface area (Å²) in [5, 5.41) is 22.2. The number of carbonyl (C=O) groups is 1. The van der Waals surface area contributed by atoms with Crippen LogP contribution in [0.4, 0.5) is 0 Å². The van der Waals surface area contributed by atoms with E-state index in [1.54, 1.807) is 29.0 Å². The molecule has 0 aliphatic rings. The Morgan fingerprint density at radius 1 is 1.21 bits per heavy atom. The van der Waals surface area contributed by atoms with E-state index in [0.29, 0.717) is 14.9 Å². The molecule has 0 fully saturated rings. The molecule has 0 radical (unpaired) electrons. The predicted molar refractivity (Wildman–Crippen MR) is 118 cm³/mol. The minimum atomic E-state index is -1.15. The summed E-state index contributed by atoms with van der Waals surface area (Å²) in [6, 6.07) is 12.9. The van der Waals surface area contributed by atoms with Gasteiger partial charge in [-0.1, -0.05) is 29.8 Å². The molecule has 3 aromatic heterocycles. The normalized spacial score (nSPS) is 11.5. The number of carboxylic acids is 1. The van der Waals surface area contributed by atoms with Crippen molar-refractivity contribution >= 4 is 67.6 Å². The molecule has 4 rings (SSSR count). The van der Waals surface area contributed by atoms with E-state index in [9.17, 15) is 9.90 Å². The maximum Gasteiger partial charge on any atom is 0.332 e. The second kappa shape index (κ2) is 9.16. The number of hydrogen-bond donors (Lipinski definition) is 4. The van der Waals surface area contributed by atoms with Crippen LogP contribution in [0.25, 0.3) is 19.8 Å². The van der Waals surface area contributed by atoms with Crippen molar-refractivity contribution in [3.8, 4) is 9.75 Å². The highest BCUT2D eigenvalue weighted by atomic mass is 35.5. The second-order valence-electron chi connectivity index (χ2n) is 5.46. The lowest BCUT2D eigenvalue weighted by atomic mass is 10.1. The molecule has 0 saturated carbocycles. The quantitative estimate of drug-likeness (QED) is 0.257. The monoisotopic (exact) mass is 450 g/mol. The second-order valence-corrected chi connectivity index (χ2v) is 8.98. The fourth-order valence-corrected chi connectivity index (χ4v) is 5.19. The topological polar surface area (TPSA) is 112 Å². The number of nitrogens with two attached hydrogens (primary N) is 1. The first kappa shape index (κ1) is 20.3. The lowest BCUT2D eigenvalue weighted by Crippen LogP contribution is -2.38. The third-order valence-electron chi connectivity index (χ3n) is 3.57. The molecule has 3 heterocycles. The third-order valence-corrected chi connectivity index (χ3v) is 6.73. The molecule has 0 amide bonds. The van der Waals surface area contributed by atoms with Gasteiger partial charge in [-0.15, -0.1) is 34.0 Å². The molecule has 1 atom stereocenters. The van der Waals surface area contributed by atoms with E-state index in [0.717, 1.165) is 4.88 Å². The summed E-state index contributed by atoms with van der Waals surface area (Å²) in [6.45, 7) is 0. The van der Waals surface area contributed by atoms with Gasteiger partial charge >= 0.3 is 5.97 Å². The van der Waals surface area contributed by atoms with Crippen molar-refractivity contribution < 1.29 is 9.90 Å². The molecular weight excluding hydrogens is 436 g/mol. The van der Waals surface area contributed by atoms with Gasteiger partial charge in [0.05, 0.1) is 20.4 Å². The molecule has 0 spiro atoms. The first-order valence-electron chi connectivity index (χ1n) is 7.90. The first-order valence-corrected chi connectivity index (χ1v) is 10.9. The van der Waals surface area contributed by atoms with E-state index >= 15 is 0 Å². The van der Waals surface area contributed by atoms with Crippen LogP contribution in [0.5, 0.6) is 0 Å². The Balaban J connectivity index is 0.000000206. The summed E-state index contributed by atoms with van der Waals surface area (Å²) in [5.41, 5.74) is 7.07. The number of thiazole rings is 1. The van der Waals surface area contributed by atoms with Gasteiger partial charge in [-0.2, -0.15) is 0 Å². The lowest BCUT2D eigenvalue weighted by molar-refractivity contribution is -0.139. The van der Waals surface area contributed by atoms with E-state index in [4.69, 9.17) is 22.7 Å². The Kier molecular flexibility index (Phi) is 6.63. The summed E-state index contributed by atoms with van der Waals surface area (Å²) in [5.74, 6) is -1.57. The lowest BCUT2D eigenvalue weighted by Gasteiger charge is -2.13. The van der Waals surface area contributed by atoms with Crippen LogP contribution in [0.2, 0.25) is 4.34 Å². The Hall–Kier alpha value is -2.46. The van der Waals surface area contributed by atoms with Crippen LogP contribution in [0.15, 0.2) is 53.4 Å². The highest BCUT2D eigenvalue weighted by molar-refractivity contribution is 7.23. The van der Waals surface area contributed by atoms with Crippen LogP contribution in [0.1, 0.15) is 11.7 Å². The summed E-state index contributed by atoms with van der Waals surface area (Å²) >= 11 is 10.3.